The van der Waals surface area contributed by atoms with Crippen molar-refractivity contribution in [2.75, 3.05) is 11.1 Å². The summed E-state index contributed by atoms with van der Waals surface area (Å²) in [5, 5.41) is 6.52. The second-order valence-corrected chi connectivity index (χ2v) is 3.63. The van der Waals surface area contributed by atoms with Crippen molar-refractivity contribution >= 4 is 17.5 Å². The Hall–Kier alpha value is -2.37. The minimum atomic E-state index is -0.168. The fourth-order valence-corrected chi connectivity index (χ4v) is 1.45. The Morgan fingerprint density at radius 1 is 1.47 bits per heavy atom. The summed E-state index contributed by atoms with van der Waals surface area (Å²) in [6.07, 6.45) is 1.60. The number of aromatic nitrogens is 3. The average molecular weight is 231 g/mol. The van der Waals surface area contributed by atoms with E-state index < -0.39 is 0 Å². The van der Waals surface area contributed by atoms with E-state index in [0.29, 0.717) is 11.6 Å². The summed E-state index contributed by atoms with van der Waals surface area (Å²) in [5.74, 6) is 0.253. The molecule has 88 valence electrons. The molecule has 0 spiro atoms. The molecule has 0 saturated carbocycles. The zero-order chi connectivity index (χ0) is 12.3. The number of amides is 1. The molecule has 6 nitrogen and oxygen atoms in total. The van der Waals surface area contributed by atoms with E-state index in [1.54, 1.807) is 13.1 Å². The van der Waals surface area contributed by atoms with Crippen molar-refractivity contribution in [1.82, 2.24) is 14.8 Å². The number of nitrogen functional groups attached to an aromatic ring is 1. The predicted octanol–water partition coefficient (Wildman–Crippen LogP) is 0.578. The number of rotatable bonds is 3. The van der Waals surface area contributed by atoms with Crippen molar-refractivity contribution in [1.29, 1.82) is 0 Å². The smallest absolute Gasteiger partial charge is 0.231 e. The van der Waals surface area contributed by atoms with E-state index >= 15 is 0 Å². The van der Waals surface area contributed by atoms with Gasteiger partial charge in [-0.25, -0.2) is 4.68 Å². The van der Waals surface area contributed by atoms with Crippen LogP contribution in [-0.2, 0) is 18.3 Å². The van der Waals surface area contributed by atoms with Crippen molar-refractivity contribution in [2.24, 2.45) is 7.05 Å². The molecule has 0 bridgehead atoms. The average Bonchev–Trinajstić information content (AvgIpc) is 2.68. The van der Waals surface area contributed by atoms with Crippen LogP contribution in [0, 0.1) is 0 Å². The number of nitrogens with two attached hydrogens (primary N) is 1. The highest BCUT2D eigenvalue weighted by atomic mass is 16.1. The Kier molecular flexibility index (Phi) is 3.04. The van der Waals surface area contributed by atoms with Crippen molar-refractivity contribution in [3.05, 3.63) is 36.2 Å². The monoisotopic (exact) mass is 231 g/mol. The van der Waals surface area contributed by atoms with Gasteiger partial charge in [0.1, 0.15) is 6.33 Å². The van der Waals surface area contributed by atoms with Gasteiger partial charge in [0.25, 0.3) is 0 Å². The van der Waals surface area contributed by atoms with Crippen LogP contribution < -0.4 is 11.1 Å². The third kappa shape index (κ3) is 2.60. The fraction of sp³-hybridized carbons (Fsp3) is 0.182. The summed E-state index contributed by atoms with van der Waals surface area (Å²) in [7, 11) is 1.71. The highest BCUT2D eigenvalue weighted by Gasteiger charge is 2.08. The number of nitrogens with zero attached hydrogens (tertiary/aromatic N) is 3. The molecule has 0 aliphatic rings. The van der Waals surface area contributed by atoms with Gasteiger partial charge in [0.2, 0.25) is 11.9 Å². The second kappa shape index (κ2) is 4.65. The number of para-hydroxylation sites is 1. The van der Waals surface area contributed by atoms with E-state index in [1.165, 1.54) is 11.0 Å². The highest BCUT2D eigenvalue weighted by Crippen LogP contribution is 2.11. The van der Waals surface area contributed by atoms with Crippen LogP contribution >= 0.6 is 0 Å². The summed E-state index contributed by atoms with van der Waals surface area (Å²) in [4.78, 5) is 15.6. The number of carbonyl (C=O) groups excluding carboxylic acids is 1. The number of aryl methyl sites for hydroxylation is 1. The molecule has 0 atom stereocenters. The van der Waals surface area contributed by atoms with E-state index in [1.807, 2.05) is 18.2 Å². The summed E-state index contributed by atoms with van der Waals surface area (Å²) in [6, 6.07) is 7.28. The lowest BCUT2D eigenvalue weighted by Crippen LogP contribution is -2.18. The summed E-state index contributed by atoms with van der Waals surface area (Å²) in [5.41, 5.74) is 7.17. The highest BCUT2D eigenvalue weighted by molar-refractivity contribution is 5.91. The fourth-order valence-electron chi connectivity index (χ4n) is 1.45. The van der Waals surface area contributed by atoms with Gasteiger partial charge < -0.3 is 5.73 Å². The summed E-state index contributed by atoms with van der Waals surface area (Å²) >= 11 is 0. The Morgan fingerprint density at radius 3 is 2.88 bits per heavy atom. The van der Waals surface area contributed by atoms with E-state index in [-0.39, 0.29) is 12.3 Å². The molecule has 0 saturated heterocycles. The van der Waals surface area contributed by atoms with Gasteiger partial charge in [0.05, 0.1) is 6.42 Å². The van der Waals surface area contributed by atoms with Crippen molar-refractivity contribution in [3.8, 4) is 0 Å². The van der Waals surface area contributed by atoms with Gasteiger partial charge >= 0.3 is 0 Å². The molecule has 0 fully saturated rings. The van der Waals surface area contributed by atoms with Crippen LogP contribution in [0.25, 0.3) is 0 Å². The molecule has 1 amide bonds. The van der Waals surface area contributed by atoms with Gasteiger partial charge in [-0.3, -0.25) is 10.1 Å². The van der Waals surface area contributed by atoms with Gasteiger partial charge in [-0.1, -0.05) is 18.2 Å². The van der Waals surface area contributed by atoms with E-state index in [0.717, 1.165) is 5.56 Å². The van der Waals surface area contributed by atoms with Gasteiger partial charge in [-0.2, -0.15) is 10.1 Å². The third-order valence-corrected chi connectivity index (χ3v) is 2.37. The molecule has 6 heteroatoms. The van der Waals surface area contributed by atoms with Crippen LogP contribution in [0.5, 0.6) is 0 Å². The van der Waals surface area contributed by atoms with Crippen molar-refractivity contribution in [2.45, 2.75) is 6.42 Å². The van der Waals surface area contributed by atoms with E-state index in [9.17, 15) is 4.79 Å². The zero-order valence-corrected chi connectivity index (χ0v) is 9.42. The van der Waals surface area contributed by atoms with Gasteiger partial charge in [0.15, 0.2) is 0 Å². The minimum Gasteiger partial charge on any atom is -0.398 e. The summed E-state index contributed by atoms with van der Waals surface area (Å²) < 4.78 is 1.49. The molecule has 2 aromatic rings. The quantitative estimate of drug-likeness (QED) is 0.756. The SMILES string of the molecule is Cn1ncnc1NC(=O)Cc1ccccc1N. The van der Waals surface area contributed by atoms with Crippen LogP contribution in [0.4, 0.5) is 11.6 Å². The molecule has 1 aromatic heterocycles. The lowest BCUT2D eigenvalue weighted by Gasteiger charge is -2.06. The van der Waals surface area contributed by atoms with Crippen LogP contribution in [0.2, 0.25) is 0 Å². The molecule has 1 aromatic carbocycles. The minimum absolute atomic E-state index is 0.168. The van der Waals surface area contributed by atoms with Crippen LogP contribution in [0.3, 0.4) is 0 Å². The number of carbonyl (C=O) groups is 1. The topological polar surface area (TPSA) is 85.8 Å². The van der Waals surface area contributed by atoms with Crippen LogP contribution in [0.1, 0.15) is 5.56 Å². The van der Waals surface area contributed by atoms with Gasteiger partial charge in [0, 0.05) is 12.7 Å². The van der Waals surface area contributed by atoms with E-state index in [2.05, 4.69) is 15.4 Å². The lowest BCUT2D eigenvalue weighted by molar-refractivity contribution is -0.115. The normalized spacial score (nSPS) is 10.2. The molecule has 3 N–H and O–H groups in total. The predicted molar refractivity (Wildman–Crippen MR) is 64.2 cm³/mol. The first-order valence-electron chi connectivity index (χ1n) is 5.14. The molecule has 0 unspecified atom stereocenters. The molecule has 0 aliphatic carbocycles. The van der Waals surface area contributed by atoms with E-state index in [4.69, 9.17) is 5.73 Å². The van der Waals surface area contributed by atoms with Crippen LogP contribution in [0.15, 0.2) is 30.6 Å². The Labute approximate surface area is 98.5 Å². The maximum Gasteiger partial charge on any atom is 0.231 e. The molecule has 17 heavy (non-hydrogen) atoms. The maximum absolute atomic E-state index is 11.7. The van der Waals surface area contributed by atoms with Crippen molar-refractivity contribution in [3.63, 3.8) is 0 Å². The number of nitrogens with one attached hydrogen (secondary N) is 1. The first kappa shape index (κ1) is 11.1. The zero-order valence-electron chi connectivity index (χ0n) is 9.42. The Bertz CT molecular complexity index is 534. The Morgan fingerprint density at radius 2 is 2.24 bits per heavy atom. The first-order chi connectivity index (χ1) is 8.16. The molecular weight excluding hydrogens is 218 g/mol. The number of hydrogen-bond donors (Lipinski definition) is 2. The second-order valence-electron chi connectivity index (χ2n) is 3.63. The molecule has 2 rings (SSSR count). The third-order valence-electron chi connectivity index (χ3n) is 2.37. The lowest BCUT2D eigenvalue weighted by atomic mass is 10.1. The molecule has 1 heterocycles. The summed E-state index contributed by atoms with van der Waals surface area (Å²) in [6.45, 7) is 0. The Balaban J connectivity index is 2.03. The standard InChI is InChI=1S/C11H13N5O/c1-16-11(13-7-14-16)15-10(17)6-8-4-2-3-5-9(8)12/h2-5,7H,6,12H2,1H3,(H,13,14,15,17). The molecular formula is C11H13N5O. The van der Waals surface area contributed by atoms with Gasteiger partial charge in [-0.15, -0.1) is 0 Å². The van der Waals surface area contributed by atoms with Crippen molar-refractivity contribution < 1.29 is 4.79 Å². The molecule has 0 aliphatic heterocycles. The van der Waals surface area contributed by atoms with Gasteiger partial charge in [-0.05, 0) is 11.6 Å². The maximum atomic E-state index is 11.7. The van der Waals surface area contributed by atoms with Crippen LogP contribution in [-0.4, -0.2) is 20.7 Å². The molecule has 0 radical (unpaired) electrons. The largest absolute Gasteiger partial charge is 0.398 e. The number of anilines is 2. The first-order valence-corrected chi connectivity index (χ1v) is 5.14. The number of benzene rings is 1. The number of hydrogen-bond acceptors (Lipinski definition) is 4.